The lowest BCUT2D eigenvalue weighted by molar-refractivity contribution is -0.176. The number of carbonyl (C=O) groups excluding carboxylic acids is 1. The molecule has 5 unspecified atom stereocenters. The molecule has 1 saturated carbocycles. The van der Waals surface area contributed by atoms with Crippen LogP contribution in [0.1, 0.15) is 34.1 Å². The largest absolute Gasteiger partial charge is 0.362 e. The third-order valence-electron chi connectivity index (χ3n) is 4.17. The van der Waals surface area contributed by atoms with Gasteiger partial charge in [-0.2, -0.15) is 0 Å². The molecule has 1 aliphatic carbocycles. The van der Waals surface area contributed by atoms with Gasteiger partial charge in [0.05, 0.1) is 12.1 Å². The van der Waals surface area contributed by atoms with Gasteiger partial charge in [0, 0.05) is 7.05 Å². The maximum absolute atomic E-state index is 12.2. The molecule has 0 N–H and O–H groups in total. The topological polar surface area (TPSA) is 29.5 Å². The minimum atomic E-state index is -0.237. The molecule has 3 nitrogen and oxygen atoms in total. The van der Waals surface area contributed by atoms with E-state index in [0.717, 1.165) is 6.42 Å². The summed E-state index contributed by atoms with van der Waals surface area (Å²) in [5.41, 5.74) is 0. The number of hydrogen-bond acceptors (Lipinski definition) is 2. The van der Waals surface area contributed by atoms with Crippen LogP contribution in [0, 0.1) is 17.8 Å². The van der Waals surface area contributed by atoms with Crippen LogP contribution in [-0.4, -0.2) is 36.1 Å². The second-order valence-corrected chi connectivity index (χ2v) is 5.90. The van der Waals surface area contributed by atoms with Crippen molar-refractivity contribution in [3.63, 3.8) is 0 Å². The second-order valence-electron chi connectivity index (χ2n) is 5.90. The number of likely N-dealkylation sites (N-methyl/N-ethyl adjacent to an activating group) is 1. The van der Waals surface area contributed by atoms with Crippen molar-refractivity contribution < 1.29 is 9.53 Å². The smallest absolute Gasteiger partial charge is 0.252 e. The highest BCUT2D eigenvalue weighted by atomic mass is 16.5. The van der Waals surface area contributed by atoms with Crippen molar-refractivity contribution in [2.75, 3.05) is 7.05 Å². The Morgan fingerprint density at radius 3 is 2.50 bits per heavy atom. The summed E-state index contributed by atoms with van der Waals surface area (Å²) in [5.74, 6) is 1.55. The van der Waals surface area contributed by atoms with Gasteiger partial charge in [-0.25, -0.2) is 0 Å². The molecule has 2 fully saturated rings. The van der Waals surface area contributed by atoms with Gasteiger partial charge in [-0.1, -0.05) is 27.7 Å². The fourth-order valence-electron chi connectivity index (χ4n) is 3.35. The van der Waals surface area contributed by atoms with Crippen molar-refractivity contribution in [2.24, 2.45) is 17.8 Å². The summed E-state index contributed by atoms with van der Waals surface area (Å²) in [4.78, 5) is 14.1. The number of hydrogen-bond donors (Lipinski definition) is 0. The fourth-order valence-corrected chi connectivity index (χ4v) is 3.35. The van der Waals surface area contributed by atoms with Crippen LogP contribution < -0.4 is 0 Å². The van der Waals surface area contributed by atoms with Crippen molar-refractivity contribution in [1.29, 1.82) is 0 Å². The van der Waals surface area contributed by atoms with E-state index in [1.807, 2.05) is 11.9 Å². The monoisotopic (exact) mass is 225 g/mol. The van der Waals surface area contributed by atoms with Gasteiger partial charge in [-0.05, 0) is 24.2 Å². The SMILES string of the molecule is CC(C)C1OC2C(C)CC(C)C2N(C)C1=O. The first kappa shape index (κ1) is 11.9. The quantitative estimate of drug-likeness (QED) is 0.682. The molecule has 92 valence electrons. The molecule has 0 aromatic heterocycles. The molecule has 3 heteroatoms. The lowest BCUT2D eigenvalue weighted by atomic mass is 9.96. The summed E-state index contributed by atoms with van der Waals surface area (Å²) in [7, 11) is 1.94. The number of ether oxygens (including phenoxy) is 1. The summed E-state index contributed by atoms with van der Waals surface area (Å²) >= 11 is 0. The van der Waals surface area contributed by atoms with Gasteiger partial charge in [-0.3, -0.25) is 4.79 Å². The van der Waals surface area contributed by atoms with Crippen LogP contribution in [0.25, 0.3) is 0 Å². The van der Waals surface area contributed by atoms with Crippen molar-refractivity contribution in [2.45, 2.75) is 52.4 Å². The molecule has 0 aromatic carbocycles. The van der Waals surface area contributed by atoms with Crippen LogP contribution in [-0.2, 0) is 9.53 Å². The van der Waals surface area contributed by atoms with Gasteiger partial charge in [-0.15, -0.1) is 0 Å². The molecule has 1 saturated heterocycles. The van der Waals surface area contributed by atoms with E-state index in [-0.39, 0.29) is 30.1 Å². The molecule has 2 aliphatic rings. The minimum Gasteiger partial charge on any atom is -0.362 e. The average molecular weight is 225 g/mol. The Kier molecular flexibility index (Phi) is 2.99. The third kappa shape index (κ3) is 1.65. The number of nitrogens with zero attached hydrogens (tertiary/aromatic N) is 1. The van der Waals surface area contributed by atoms with Gasteiger partial charge in [0.2, 0.25) is 0 Å². The summed E-state index contributed by atoms with van der Waals surface area (Å²) in [6.45, 7) is 8.58. The third-order valence-corrected chi connectivity index (χ3v) is 4.17. The summed E-state index contributed by atoms with van der Waals surface area (Å²) in [6.07, 6.45) is 1.17. The number of morpholine rings is 1. The normalized spacial score (nSPS) is 44.0. The van der Waals surface area contributed by atoms with Gasteiger partial charge in [0.25, 0.3) is 5.91 Å². The zero-order valence-corrected chi connectivity index (χ0v) is 10.9. The van der Waals surface area contributed by atoms with Gasteiger partial charge in [0.15, 0.2) is 0 Å². The Bertz CT molecular complexity index is 290. The highest BCUT2D eigenvalue weighted by Gasteiger charge is 2.50. The van der Waals surface area contributed by atoms with E-state index in [0.29, 0.717) is 11.8 Å². The standard InChI is InChI=1S/C13H23NO2/c1-7(2)11-13(15)14(5)10-8(3)6-9(4)12(10)16-11/h7-12H,6H2,1-5H3. The first-order valence-corrected chi connectivity index (χ1v) is 6.35. The molecule has 1 amide bonds. The van der Waals surface area contributed by atoms with Crippen LogP contribution in [0.15, 0.2) is 0 Å². The van der Waals surface area contributed by atoms with E-state index in [4.69, 9.17) is 4.74 Å². The zero-order valence-electron chi connectivity index (χ0n) is 10.9. The molecule has 1 aliphatic heterocycles. The van der Waals surface area contributed by atoms with E-state index in [1.54, 1.807) is 0 Å². The minimum absolute atomic E-state index is 0.164. The van der Waals surface area contributed by atoms with E-state index in [9.17, 15) is 4.79 Å². The van der Waals surface area contributed by atoms with Crippen LogP contribution in [0.4, 0.5) is 0 Å². The predicted octanol–water partition coefficient (Wildman–Crippen LogP) is 1.91. The number of carbonyl (C=O) groups is 1. The van der Waals surface area contributed by atoms with Crippen LogP contribution in [0.5, 0.6) is 0 Å². The van der Waals surface area contributed by atoms with Gasteiger partial charge >= 0.3 is 0 Å². The number of rotatable bonds is 1. The second kappa shape index (κ2) is 4.02. The molecule has 5 atom stereocenters. The van der Waals surface area contributed by atoms with Crippen molar-refractivity contribution in [1.82, 2.24) is 4.90 Å². The maximum Gasteiger partial charge on any atom is 0.252 e. The predicted molar refractivity (Wildman–Crippen MR) is 63.0 cm³/mol. The summed E-state index contributed by atoms with van der Waals surface area (Å²) in [6, 6.07) is 0.289. The molecule has 1 heterocycles. The average Bonchev–Trinajstić information content (AvgIpc) is 2.47. The Balaban J connectivity index is 2.23. The lowest BCUT2D eigenvalue weighted by Crippen LogP contribution is -2.58. The Hall–Kier alpha value is -0.570. The van der Waals surface area contributed by atoms with Crippen LogP contribution >= 0.6 is 0 Å². The molecule has 0 bridgehead atoms. The van der Waals surface area contributed by atoms with E-state index < -0.39 is 0 Å². The molecule has 16 heavy (non-hydrogen) atoms. The first-order chi connectivity index (χ1) is 7.43. The Morgan fingerprint density at radius 2 is 1.94 bits per heavy atom. The number of amides is 1. The van der Waals surface area contributed by atoms with Crippen molar-refractivity contribution in [3.05, 3.63) is 0 Å². The van der Waals surface area contributed by atoms with Gasteiger partial charge in [0.1, 0.15) is 6.10 Å². The maximum atomic E-state index is 12.2. The Labute approximate surface area is 98.1 Å². The van der Waals surface area contributed by atoms with Crippen molar-refractivity contribution in [3.8, 4) is 0 Å². The highest BCUT2D eigenvalue weighted by Crippen LogP contribution is 2.40. The van der Waals surface area contributed by atoms with Crippen LogP contribution in [0.3, 0.4) is 0 Å². The summed E-state index contributed by atoms with van der Waals surface area (Å²) in [5, 5.41) is 0. The first-order valence-electron chi connectivity index (χ1n) is 6.35. The molecular weight excluding hydrogens is 202 g/mol. The van der Waals surface area contributed by atoms with E-state index in [2.05, 4.69) is 27.7 Å². The van der Waals surface area contributed by atoms with E-state index >= 15 is 0 Å². The molecule has 0 radical (unpaired) electrons. The molecular formula is C13H23NO2. The Morgan fingerprint density at radius 1 is 1.31 bits per heavy atom. The fraction of sp³-hybridized carbons (Fsp3) is 0.923. The van der Waals surface area contributed by atoms with Gasteiger partial charge < -0.3 is 9.64 Å². The highest BCUT2D eigenvalue weighted by molar-refractivity contribution is 5.82. The van der Waals surface area contributed by atoms with E-state index in [1.165, 1.54) is 0 Å². The molecule has 2 rings (SSSR count). The number of fused-ring (bicyclic) bond motifs is 1. The molecule has 0 spiro atoms. The summed E-state index contributed by atoms with van der Waals surface area (Å²) < 4.78 is 6.05. The van der Waals surface area contributed by atoms with Crippen molar-refractivity contribution >= 4 is 5.91 Å². The van der Waals surface area contributed by atoms with Crippen LogP contribution in [0.2, 0.25) is 0 Å². The molecule has 0 aromatic rings. The lowest BCUT2D eigenvalue weighted by Gasteiger charge is -2.43. The zero-order chi connectivity index (χ0) is 12.0.